The van der Waals surface area contributed by atoms with Gasteiger partial charge < -0.3 is 15.2 Å². The van der Waals surface area contributed by atoms with E-state index in [1.807, 2.05) is 6.08 Å². The van der Waals surface area contributed by atoms with Crippen molar-refractivity contribution in [2.75, 3.05) is 13.2 Å². The molecule has 4 nitrogen and oxygen atoms in total. The Morgan fingerprint density at radius 2 is 2.08 bits per heavy atom. The summed E-state index contributed by atoms with van der Waals surface area (Å²) in [5.74, 6) is 1.53. The molecule has 142 valence electrons. The van der Waals surface area contributed by atoms with Gasteiger partial charge in [-0.05, 0) is 55.2 Å². The van der Waals surface area contributed by atoms with Crippen LogP contribution in [0.5, 0.6) is 5.75 Å². The van der Waals surface area contributed by atoms with E-state index in [0.29, 0.717) is 12.5 Å². The Morgan fingerprint density at radius 1 is 1.35 bits per heavy atom. The molecule has 4 heteroatoms. The normalized spacial score (nSPS) is 24.0. The minimum Gasteiger partial charge on any atom is -0.487 e. The van der Waals surface area contributed by atoms with Crippen molar-refractivity contribution >= 4 is 5.91 Å². The summed E-state index contributed by atoms with van der Waals surface area (Å²) in [5, 5.41) is 11.7. The summed E-state index contributed by atoms with van der Waals surface area (Å²) in [5.41, 5.74) is 3.10. The zero-order valence-electron chi connectivity index (χ0n) is 16.6. The maximum absolute atomic E-state index is 12.4. The predicted molar refractivity (Wildman–Crippen MR) is 103 cm³/mol. The third kappa shape index (κ3) is 3.52. The van der Waals surface area contributed by atoms with Crippen LogP contribution in [0.3, 0.4) is 0 Å². The van der Waals surface area contributed by atoms with Gasteiger partial charge in [0, 0.05) is 18.0 Å². The molecule has 0 bridgehead atoms. The third-order valence-electron chi connectivity index (χ3n) is 5.78. The van der Waals surface area contributed by atoms with Crippen LogP contribution in [-0.4, -0.2) is 29.8 Å². The Morgan fingerprint density at radius 3 is 2.73 bits per heavy atom. The minimum atomic E-state index is -0.266. The van der Waals surface area contributed by atoms with Gasteiger partial charge in [0.15, 0.2) is 0 Å². The molecule has 0 radical (unpaired) electrons. The predicted octanol–water partition coefficient (Wildman–Crippen LogP) is 3.68. The monoisotopic (exact) mass is 357 g/mol. The molecule has 1 aromatic carbocycles. The summed E-state index contributed by atoms with van der Waals surface area (Å²) in [6.45, 7) is 11.2. The Bertz CT molecular complexity index is 727. The SMILES string of the molecule is CC(C)(C)c1ccc2c(c1)OC(C)(C)[C@@H]1CC=C(C(=O)NCCO)C[C@@H]21. The topological polar surface area (TPSA) is 58.6 Å². The maximum atomic E-state index is 12.4. The van der Waals surface area contributed by atoms with Crippen molar-refractivity contribution < 1.29 is 14.6 Å². The zero-order chi connectivity index (χ0) is 19.1. The van der Waals surface area contributed by atoms with Crippen LogP contribution in [0.1, 0.15) is 64.5 Å². The molecule has 2 aliphatic rings. The first-order valence-corrected chi connectivity index (χ1v) is 9.55. The van der Waals surface area contributed by atoms with E-state index in [2.05, 4.69) is 58.1 Å². The molecule has 0 aromatic heterocycles. The van der Waals surface area contributed by atoms with Gasteiger partial charge in [-0.25, -0.2) is 0 Å². The average Bonchev–Trinajstić information content (AvgIpc) is 2.57. The van der Waals surface area contributed by atoms with E-state index in [1.165, 1.54) is 11.1 Å². The quantitative estimate of drug-likeness (QED) is 0.867. The average molecular weight is 357 g/mol. The van der Waals surface area contributed by atoms with Crippen molar-refractivity contribution in [3.8, 4) is 5.75 Å². The second kappa shape index (κ2) is 6.73. The lowest BCUT2D eigenvalue weighted by Gasteiger charge is -2.47. The minimum absolute atomic E-state index is 0.0373. The van der Waals surface area contributed by atoms with Gasteiger partial charge in [0.05, 0.1) is 6.61 Å². The standard InChI is InChI=1S/C22H31NO3/c1-21(2,3)15-7-8-16-17-12-14(20(25)23-10-11-24)6-9-18(17)22(4,5)26-19(16)13-15/h6-8,13,17-18,24H,9-12H2,1-5H3,(H,23,25)/t17-,18+/m0/s1. The number of carbonyl (C=O) groups excluding carboxylic acids is 1. The van der Waals surface area contributed by atoms with Gasteiger partial charge in [-0.15, -0.1) is 0 Å². The van der Waals surface area contributed by atoms with Crippen LogP contribution in [0.2, 0.25) is 0 Å². The number of amides is 1. The smallest absolute Gasteiger partial charge is 0.246 e. The van der Waals surface area contributed by atoms with Crippen molar-refractivity contribution in [3.05, 3.63) is 41.0 Å². The third-order valence-corrected chi connectivity index (χ3v) is 5.78. The number of carbonyl (C=O) groups is 1. The highest BCUT2D eigenvalue weighted by molar-refractivity contribution is 5.93. The van der Waals surface area contributed by atoms with Gasteiger partial charge in [0.2, 0.25) is 5.91 Å². The molecule has 2 N–H and O–H groups in total. The Hall–Kier alpha value is -1.81. The number of ether oxygens (including phenoxy) is 1. The summed E-state index contributed by atoms with van der Waals surface area (Å²) in [6, 6.07) is 6.57. The molecule has 0 saturated carbocycles. The van der Waals surface area contributed by atoms with Crippen LogP contribution in [0.4, 0.5) is 0 Å². The van der Waals surface area contributed by atoms with Crippen LogP contribution in [0.15, 0.2) is 29.8 Å². The fourth-order valence-electron chi connectivity index (χ4n) is 4.21. The second-order valence-corrected chi connectivity index (χ2v) is 9.07. The van der Waals surface area contributed by atoms with E-state index in [1.54, 1.807) is 0 Å². The molecule has 1 heterocycles. The van der Waals surface area contributed by atoms with Crippen molar-refractivity contribution in [2.24, 2.45) is 5.92 Å². The molecule has 1 aliphatic heterocycles. The number of aliphatic hydroxyl groups excluding tert-OH is 1. The van der Waals surface area contributed by atoms with Gasteiger partial charge in [-0.2, -0.15) is 0 Å². The summed E-state index contributed by atoms with van der Waals surface area (Å²) in [4.78, 5) is 12.4. The van der Waals surface area contributed by atoms with E-state index in [9.17, 15) is 4.79 Å². The van der Waals surface area contributed by atoms with E-state index in [0.717, 1.165) is 24.2 Å². The van der Waals surface area contributed by atoms with Gasteiger partial charge in [0.25, 0.3) is 0 Å². The number of fused-ring (bicyclic) bond motifs is 3. The molecule has 0 fully saturated rings. The Labute approximate surface area is 156 Å². The van der Waals surface area contributed by atoms with E-state index < -0.39 is 0 Å². The largest absolute Gasteiger partial charge is 0.487 e. The number of hydrogen-bond donors (Lipinski definition) is 2. The van der Waals surface area contributed by atoms with Gasteiger partial charge >= 0.3 is 0 Å². The molecule has 1 aromatic rings. The van der Waals surface area contributed by atoms with Crippen LogP contribution in [-0.2, 0) is 10.2 Å². The number of nitrogens with one attached hydrogen (secondary N) is 1. The number of allylic oxidation sites excluding steroid dienone is 1. The van der Waals surface area contributed by atoms with Crippen LogP contribution >= 0.6 is 0 Å². The lowest BCUT2D eigenvalue weighted by molar-refractivity contribution is -0.118. The lowest BCUT2D eigenvalue weighted by atomic mass is 9.67. The number of aliphatic hydroxyl groups is 1. The van der Waals surface area contributed by atoms with E-state index in [-0.39, 0.29) is 29.4 Å². The molecule has 1 amide bonds. The first kappa shape index (κ1) is 19.0. The molecular formula is C22H31NO3. The van der Waals surface area contributed by atoms with Crippen molar-refractivity contribution in [1.82, 2.24) is 5.32 Å². The summed E-state index contributed by atoms with van der Waals surface area (Å²) >= 11 is 0. The van der Waals surface area contributed by atoms with Crippen LogP contribution < -0.4 is 10.1 Å². The first-order valence-electron chi connectivity index (χ1n) is 9.55. The number of hydrogen-bond acceptors (Lipinski definition) is 3. The molecule has 26 heavy (non-hydrogen) atoms. The van der Waals surface area contributed by atoms with E-state index in [4.69, 9.17) is 9.84 Å². The fourth-order valence-corrected chi connectivity index (χ4v) is 4.21. The van der Waals surface area contributed by atoms with Gasteiger partial charge in [-0.3, -0.25) is 4.79 Å². The highest BCUT2D eigenvalue weighted by Gasteiger charge is 2.45. The zero-order valence-corrected chi connectivity index (χ0v) is 16.6. The van der Waals surface area contributed by atoms with Crippen molar-refractivity contribution in [1.29, 1.82) is 0 Å². The molecular weight excluding hydrogens is 326 g/mol. The highest BCUT2D eigenvalue weighted by Crippen LogP contribution is 2.51. The van der Waals surface area contributed by atoms with Crippen molar-refractivity contribution in [2.45, 2.75) is 64.4 Å². The summed E-state index contributed by atoms with van der Waals surface area (Å²) < 4.78 is 6.42. The summed E-state index contributed by atoms with van der Waals surface area (Å²) in [7, 11) is 0. The summed E-state index contributed by atoms with van der Waals surface area (Å²) in [6.07, 6.45) is 3.60. The molecule has 0 spiro atoms. The maximum Gasteiger partial charge on any atom is 0.246 e. The molecule has 0 saturated heterocycles. The van der Waals surface area contributed by atoms with Gasteiger partial charge in [0.1, 0.15) is 11.4 Å². The highest BCUT2D eigenvalue weighted by atomic mass is 16.5. The van der Waals surface area contributed by atoms with Crippen LogP contribution in [0.25, 0.3) is 0 Å². The van der Waals surface area contributed by atoms with Crippen LogP contribution in [0, 0.1) is 5.92 Å². The van der Waals surface area contributed by atoms with Gasteiger partial charge in [-0.1, -0.05) is 39.0 Å². The molecule has 3 rings (SSSR count). The first-order chi connectivity index (χ1) is 12.1. The molecule has 2 atom stereocenters. The van der Waals surface area contributed by atoms with E-state index >= 15 is 0 Å². The number of benzene rings is 1. The number of rotatable bonds is 3. The Kier molecular flexibility index (Phi) is 4.91. The lowest BCUT2D eigenvalue weighted by Crippen LogP contribution is -2.46. The fraction of sp³-hybridized carbons (Fsp3) is 0.591. The van der Waals surface area contributed by atoms with Crippen molar-refractivity contribution in [3.63, 3.8) is 0 Å². The molecule has 1 aliphatic carbocycles. The second-order valence-electron chi connectivity index (χ2n) is 9.07. The Balaban J connectivity index is 1.94. The molecule has 0 unspecified atom stereocenters.